The van der Waals surface area contributed by atoms with Gasteiger partial charge in [-0.05, 0) is 35.0 Å². The molecule has 1 heterocycles. The molecule has 0 bridgehead atoms. The van der Waals surface area contributed by atoms with Crippen LogP contribution in [0, 0.1) is 0 Å². The van der Waals surface area contributed by atoms with Crippen LogP contribution in [0.3, 0.4) is 0 Å². The van der Waals surface area contributed by atoms with Gasteiger partial charge in [0, 0.05) is 0 Å². The standard InChI is InChI=1S/C9H9BrF3NO3/c1-8(7(15)16,9(11,12)13)14-4-5-2-3-6(10)17-5/h2-3,14H,4H2,1H3,(H,15,16). The highest BCUT2D eigenvalue weighted by Crippen LogP contribution is 2.30. The van der Waals surface area contributed by atoms with Gasteiger partial charge in [0.15, 0.2) is 4.67 Å². The lowest BCUT2D eigenvalue weighted by Gasteiger charge is -2.28. The molecule has 8 heteroatoms. The second kappa shape index (κ2) is 4.69. The summed E-state index contributed by atoms with van der Waals surface area (Å²) in [6.07, 6.45) is -4.90. The zero-order valence-corrected chi connectivity index (χ0v) is 10.2. The third-order valence-corrected chi connectivity index (χ3v) is 2.67. The van der Waals surface area contributed by atoms with Crippen molar-refractivity contribution in [3.63, 3.8) is 0 Å². The van der Waals surface area contributed by atoms with Crippen molar-refractivity contribution in [3.8, 4) is 0 Å². The molecule has 0 spiro atoms. The highest BCUT2D eigenvalue weighted by Gasteiger charge is 2.57. The van der Waals surface area contributed by atoms with Gasteiger partial charge in [-0.25, -0.2) is 4.79 Å². The van der Waals surface area contributed by atoms with Gasteiger partial charge in [0.05, 0.1) is 6.54 Å². The van der Waals surface area contributed by atoms with E-state index in [9.17, 15) is 18.0 Å². The molecule has 96 valence electrons. The van der Waals surface area contributed by atoms with Crippen LogP contribution < -0.4 is 5.32 Å². The van der Waals surface area contributed by atoms with E-state index >= 15 is 0 Å². The highest BCUT2D eigenvalue weighted by atomic mass is 79.9. The van der Waals surface area contributed by atoms with Crippen LogP contribution in [0.4, 0.5) is 13.2 Å². The number of carboxylic acids is 1. The number of rotatable bonds is 4. The first-order chi connectivity index (χ1) is 7.67. The fourth-order valence-electron chi connectivity index (χ4n) is 1.01. The van der Waals surface area contributed by atoms with Crippen molar-refractivity contribution >= 4 is 21.9 Å². The molecule has 0 aliphatic carbocycles. The second-order valence-electron chi connectivity index (χ2n) is 3.49. The molecular formula is C9H9BrF3NO3. The van der Waals surface area contributed by atoms with E-state index in [1.54, 1.807) is 0 Å². The van der Waals surface area contributed by atoms with Gasteiger partial charge in [0.1, 0.15) is 5.76 Å². The summed E-state index contributed by atoms with van der Waals surface area (Å²) in [6.45, 7) is 0.223. The third kappa shape index (κ3) is 3.01. The molecule has 0 aliphatic heterocycles. The summed E-state index contributed by atoms with van der Waals surface area (Å²) in [5, 5.41) is 10.6. The Kier molecular flexibility index (Phi) is 3.88. The van der Waals surface area contributed by atoms with Gasteiger partial charge in [-0.2, -0.15) is 13.2 Å². The van der Waals surface area contributed by atoms with Gasteiger partial charge in [-0.1, -0.05) is 0 Å². The van der Waals surface area contributed by atoms with Crippen LogP contribution in [-0.2, 0) is 11.3 Å². The molecule has 1 unspecified atom stereocenters. The minimum atomic E-state index is -4.90. The van der Waals surface area contributed by atoms with Gasteiger partial charge in [-0.3, -0.25) is 5.32 Å². The van der Waals surface area contributed by atoms with Crippen LogP contribution >= 0.6 is 15.9 Å². The first-order valence-electron chi connectivity index (χ1n) is 4.46. The molecule has 0 saturated heterocycles. The molecular weight excluding hydrogens is 307 g/mol. The Morgan fingerprint density at radius 2 is 2.12 bits per heavy atom. The average molecular weight is 316 g/mol. The number of alkyl halides is 3. The molecule has 0 amide bonds. The van der Waals surface area contributed by atoms with E-state index in [0.29, 0.717) is 11.6 Å². The largest absolute Gasteiger partial charge is 0.480 e. The van der Waals surface area contributed by atoms with Gasteiger partial charge in [0.2, 0.25) is 5.54 Å². The van der Waals surface area contributed by atoms with E-state index in [1.165, 1.54) is 12.1 Å². The van der Waals surface area contributed by atoms with E-state index in [1.807, 2.05) is 5.32 Å². The smallest absolute Gasteiger partial charge is 0.417 e. The third-order valence-electron chi connectivity index (χ3n) is 2.24. The van der Waals surface area contributed by atoms with Gasteiger partial charge < -0.3 is 9.52 Å². The Balaban J connectivity index is 2.79. The van der Waals surface area contributed by atoms with Crippen molar-refractivity contribution in [1.29, 1.82) is 0 Å². The summed E-state index contributed by atoms with van der Waals surface area (Å²) in [5.74, 6) is -1.79. The second-order valence-corrected chi connectivity index (χ2v) is 4.27. The molecule has 17 heavy (non-hydrogen) atoms. The molecule has 0 fully saturated rings. The number of furan rings is 1. The van der Waals surface area contributed by atoms with Crippen molar-refractivity contribution in [2.24, 2.45) is 0 Å². The molecule has 0 radical (unpaired) electrons. The predicted octanol–water partition coefficient (Wildman–Crippen LogP) is 2.54. The van der Waals surface area contributed by atoms with Crippen molar-refractivity contribution in [3.05, 3.63) is 22.6 Å². The zero-order chi connectivity index (χ0) is 13.3. The number of nitrogens with one attached hydrogen (secondary N) is 1. The summed E-state index contributed by atoms with van der Waals surface area (Å²) in [6, 6.07) is 2.94. The van der Waals surface area contributed by atoms with E-state index in [2.05, 4.69) is 15.9 Å². The quantitative estimate of drug-likeness (QED) is 0.896. The maximum absolute atomic E-state index is 12.6. The predicted molar refractivity (Wildman–Crippen MR) is 55.3 cm³/mol. The number of aliphatic carboxylic acids is 1. The minimum absolute atomic E-state index is 0.202. The number of hydrogen-bond donors (Lipinski definition) is 2. The summed E-state index contributed by atoms with van der Waals surface area (Å²) in [4.78, 5) is 10.7. The van der Waals surface area contributed by atoms with E-state index in [4.69, 9.17) is 9.52 Å². The van der Waals surface area contributed by atoms with Gasteiger partial charge >= 0.3 is 12.1 Å². The Morgan fingerprint density at radius 3 is 2.47 bits per heavy atom. The van der Waals surface area contributed by atoms with Crippen LogP contribution in [0.1, 0.15) is 12.7 Å². The average Bonchev–Trinajstić information content (AvgIpc) is 2.58. The maximum Gasteiger partial charge on any atom is 0.417 e. The normalized spacial score (nSPS) is 15.6. The Bertz CT molecular complexity index is 418. The minimum Gasteiger partial charge on any atom is -0.480 e. The topological polar surface area (TPSA) is 62.5 Å². The van der Waals surface area contributed by atoms with Crippen molar-refractivity contribution < 1.29 is 27.5 Å². The van der Waals surface area contributed by atoms with Crippen LogP contribution in [0.25, 0.3) is 0 Å². The molecule has 2 N–H and O–H groups in total. The molecule has 0 aromatic carbocycles. The van der Waals surface area contributed by atoms with Crippen molar-refractivity contribution in [2.45, 2.75) is 25.2 Å². The number of carbonyl (C=O) groups is 1. The van der Waals surface area contributed by atoms with Crippen molar-refractivity contribution in [2.75, 3.05) is 0 Å². The van der Waals surface area contributed by atoms with E-state index in [0.717, 1.165) is 0 Å². The lowest BCUT2D eigenvalue weighted by molar-refractivity contribution is -0.206. The summed E-state index contributed by atoms with van der Waals surface area (Å²) < 4.78 is 43.1. The molecule has 1 atom stereocenters. The first kappa shape index (κ1) is 14.0. The summed E-state index contributed by atoms with van der Waals surface area (Å²) in [5.41, 5.74) is -3.01. The molecule has 1 rings (SSSR count). The number of carboxylic acid groups (broad SMARTS) is 1. The Morgan fingerprint density at radius 1 is 1.53 bits per heavy atom. The molecule has 1 aromatic rings. The highest BCUT2D eigenvalue weighted by molar-refractivity contribution is 9.10. The lowest BCUT2D eigenvalue weighted by atomic mass is 10.0. The molecule has 1 aromatic heterocycles. The van der Waals surface area contributed by atoms with Crippen LogP contribution in [0.15, 0.2) is 21.2 Å². The van der Waals surface area contributed by atoms with Crippen LogP contribution in [0.2, 0.25) is 0 Å². The van der Waals surface area contributed by atoms with Gasteiger partial charge in [0.25, 0.3) is 0 Å². The van der Waals surface area contributed by atoms with Crippen LogP contribution in [0.5, 0.6) is 0 Å². The summed E-state index contributed by atoms with van der Waals surface area (Å²) in [7, 11) is 0. The molecule has 4 nitrogen and oxygen atoms in total. The SMILES string of the molecule is CC(NCc1ccc(Br)o1)(C(=O)O)C(F)(F)F. The van der Waals surface area contributed by atoms with Crippen molar-refractivity contribution in [1.82, 2.24) is 5.32 Å². The maximum atomic E-state index is 12.6. The fraction of sp³-hybridized carbons (Fsp3) is 0.444. The number of halogens is 4. The van der Waals surface area contributed by atoms with Gasteiger partial charge in [-0.15, -0.1) is 0 Å². The monoisotopic (exact) mass is 315 g/mol. The van der Waals surface area contributed by atoms with Crippen LogP contribution in [-0.4, -0.2) is 22.8 Å². The summed E-state index contributed by atoms with van der Waals surface area (Å²) >= 11 is 2.99. The first-order valence-corrected chi connectivity index (χ1v) is 5.25. The fourth-order valence-corrected chi connectivity index (χ4v) is 1.35. The Hall–Kier alpha value is -1.02. The Labute approximate surface area is 103 Å². The lowest BCUT2D eigenvalue weighted by Crippen LogP contribution is -2.59. The van der Waals surface area contributed by atoms with E-state index in [-0.39, 0.29) is 12.3 Å². The molecule has 0 saturated carbocycles. The van der Waals surface area contributed by atoms with E-state index < -0.39 is 17.7 Å². The zero-order valence-electron chi connectivity index (χ0n) is 8.64. The number of hydrogen-bond acceptors (Lipinski definition) is 3. The molecule has 0 aliphatic rings.